The highest BCUT2D eigenvalue weighted by Crippen LogP contribution is 2.14. The lowest BCUT2D eigenvalue weighted by Crippen LogP contribution is -2.48. The van der Waals surface area contributed by atoms with Crippen molar-refractivity contribution < 1.29 is 9.59 Å². The predicted molar refractivity (Wildman–Crippen MR) is 103 cm³/mol. The van der Waals surface area contributed by atoms with Crippen LogP contribution in [-0.2, 0) is 17.9 Å². The van der Waals surface area contributed by atoms with Crippen LogP contribution in [0.25, 0.3) is 0 Å². The zero-order valence-corrected chi connectivity index (χ0v) is 16.7. The summed E-state index contributed by atoms with van der Waals surface area (Å²) in [5, 5.41) is 10.0. The number of nitrogens with zero attached hydrogens (tertiary/aromatic N) is 6. The smallest absolute Gasteiger partial charge is 0.276 e. The number of likely N-dealkylation sites (N-methyl/N-ethyl adjacent to an activating group) is 1. The fourth-order valence-electron chi connectivity index (χ4n) is 3.18. The molecule has 3 rings (SSSR count). The summed E-state index contributed by atoms with van der Waals surface area (Å²) in [5.74, 6) is -0.140. The van der Waals surface area contributed by atoms with Crippen LogP contribution in [0.1, 0.15) is 29.2 Å². The monoisotopic (exact) mass is 390 g/mol. The number of piperazine rings is 1. The quantitative estimate of drug-likeness (QED) is 0.709. The molecule has 27 heavy (non-hydrogen) atoms. The number of aromatic nitrogens is 3. The maximum Gasteiger partial charge on any atom is 0.276 e. The zero-order valence-electron chi connectivity index (χ0n) is 15.9. The molecule has 0 N–H and O–H groups in total. The summed E-state index contributed by atoms with van der Waals surface area (Å²) in [4.78, 5) is 32.1. The molecular formula is C18H26N6O2S. The van der Waals surface area contributed by atoms with Gasteiger partial charge >= 0.3 is 0 Å². The molecule has 0 aromatic carbocycles. The maximum atomic E-state index is 12.7. The van der Waals surface area contributed by atoms with Crippen molar-refractivity contribution in [2.75, 3.05) is 39.3 Å². The molecule has 0 spiro atoms. The van der Waals surface area contributed by atoms with E-state index < -0.39 is 0 Å². The molecule has 1 aliphatic rings. The Labute approximate surface area is 163 Å². The van der Waals surface area contributed by atoms with Gasteiger partial charge in [-0.05, 0) is 25.3 Å². The van der Waals surface area contributed by atoms with E-state index in [2.05, 4.69) is 32.7 Å². The molecule has 2 amide bonds. The third kappa shape index (κ3) is 4.92. The number of hydrogen-bond acceptors (Lipinski definition) is 6. The van der Waals surface area contributed by atoms with E-state index in [-0.39, 0.29) is 18.4 Å². The first-order valence-electron chi connectivity index (χ1n) is 9.32. The Hall–Kier alpha value is -2.26. The minimum Gasteiger partial charge on any atom is -0.342 e. The molecule has 0 bridgehead atoms. The zero-order chi connectivity index (χ0) is 19.2. The predicted octanol–water partition coefficient (Wildman–Crippen LogP) is 1.17. The van der Waals surface area contributed by atoms with Crippen molar-refractivity contribution in [1.82, 2.24) is 29.7 Å². The van der Waals surface area contributed by atoms with Crippen LogP contribution in [-0.4, -0.2) is 80.8 Å². The van der Waals surface area contributed by atoms with Crippen LogP contribution in [0, 0.1) is 0 Å². The third-order valence-corrected chi connectivity index (χ3v) is 5.65. The van der Waals surface area contributed by atoms with Crippen molar-refractivity contribution in [3.8, 4) is 0 Å². The summed E-state index contributed by atoms with van der Waals surface area (Å²) in [6.07, 6.45) is 1.57. The van der Waals surface area contributed by atoms with Gasteiger partial charge in [0.1, 0.15) is 6.54 Å². The van der Waals surface area contributed by atoms with Gasteiger partial charge in [-0.2, -0.15) is 0 Å². The minimum atomic E-state index is -0.118. The maximum absolute atomic E-state index is 12.7. The Kier molecular flexibility index (Phi) is 6.57. The molecule has 1 fully saturated rings. The van der Waals surface area contributed by atoms with E-state index in [1.807, 2.05) is 18.7 Å². The summed E-state index contributed by atoms with van der Waals surface area (Å²) in [7, 11) is 0. The van der Waals surface area contributed by atoms with E-state index in [0.29, 0.717) is 31.9 Å². The Bertz CT molecular complexity index is 748. The van der Waals surface area contributed by atoms with Gasteiger partial charge in [0.15, 0.2) is 5.69 Å². The van der Waals surface area contributed by atoms with Crippen molar-refractivity contribution in [3.63, 3.8) is 0 Å². The Balaban J connectivity index is 1.51. The van der Waals surface area contributed by atoms with Crippen LogP contribution in [0.5, 0.6) is 0 Å². The minimum absolute atomic E-state index is 0.0221. The van der Waals surface area contributed by atoms with Crippen molar-refractivity contribution in [2.24, 2.45) is 0 Å². The van der Waals surface area contributed by atoms with E-state index in [1.54, 1.807) is 22.4 Å². The Morgan fingerprint density at radius 1 is 1.19 bits per heavy atom. The fraction of sp³-hybridized carbons (Fsp3) is 0.556. The van der Waals surface area contributed by atoms with Gasteiger partial charge in [-0.1, -0.05) is 11.3 Å². The highest BCUT2D eigenvalue weighted by molar-refractivity contribution is 7.09. The Morgan fingerprint density at radius 3 is 2.56 bits per heavy atom. The molecule has 0 unspecified atom stereocenters. The van der Waals surface area contributed by atoms with Gasteiger partial charge in [0, 0.05) is 50.7 Å². The molecule has 3 heterocycles. The van der Waals surface area contributed by atoms with Gasteiger partial charge in [0.2, 0.25) is 5.91 Å². The average Bonchev–Trinajstić information content (AvgIpc) is 3.35. The standard InChI is InChI=1S/C18H26N6O2S/c1-3-22(4-2)17(25)14-24-13-16(19-20-24)18(26)23-9-7-21(8-10-23)12-15-6-5-11-27-15/h5-6,11,13H,3-4,7-10,12,14H2,1-2H3. The molecule has 0 radical (unpaired) electrons. The highest BCUT2D eigenvalue weighted by Gasteiger charge is 2.24. The topological polar surface area (TPSA) is 74.6 Å². The van der Waals surface area contributed by atoms with E-state index in [0.717, 1.165) is 19.6 Å². The number of hydrogen-bond donors (Lipinski definition) is 0. The second-order valence-electron chi connectivity index (χ2n) is 6.52. The first kappa shape index (κ1) is 19.5. The van der Waals surface area contributed by atoms with E-state index in [1.165, 1.54) is 9.56 Å². The van der Waals surface area contributed by atoms with E-state index in [4.69, 9.17) is 0 Å². The molecule has 9 heteroatoms. The summed E-state index contributed by atoms with van der Waals surface area (Å²) < 4.78 is 1.45. The lowest BCUT2D eigenvalue weighted by molar-refractivity contribution is -0.131. The second kappa shape index (κ2) is 9.09. The number of amides is 2. The molecule has 0 saturated carbocycles. The summed E-state index contributed by atoms with van der Waals surface area (Å²) in [6.45, 7) is 9.28. The van der Waals surface area contributed by atoms with Gasteiger partial charge in [-0.25, -0.2) is 4.68 Å². The molecule has 2 aromatic rings. The van der Waals surface area contributed by atoms with Crippen molar-refractivity contribution in [1.29, 1.82) is 0 Å². The molecule has 0 atom stereocenters. The fourth-order valence-corrected chi connectivity index (χ4v) is 3.93. The van der Waals surface area contributed by atoms with Gasteiger partial charge in [-0.3, -0.25) is 14.5 Å². The SMILES string of the molecule is CCN(CC)C(=O)Cn1cc(C(=O)N2CCN(Cc3cccs3)CC2)nn1. The van der Waals surface area contributed by atoms with E-state index >= 15 is 0 Å². The largest absolute Gasteiger partial charge is 0.342 e. The number of rotatable bonds is 7. The summed E-state index contributed by atoms with van der Waals surface area (Å²) in [5.41, 5.74) is 0.300. The summed E-state index contributed by atoms with van der Waals surface area (Å²) in [6, 6.07) is 4.20. The molecular weight excluding hydrogens is 364 g/mol. The van der Waals surface area contributed by atoms with Crippen LogP contribution < -0.4 is 0 Å². The third-order valence-electron chi connectivity index (χ3n) is 4.79. The summed E-state index contributed by atoms with van der Waals surface area (Å²) >= 11 is 1.76. The first-order chi connectivity index (χ1) is 13.1. The first-order valence-corrected chi connectivity index (χ1v) is 10.2. The van der Waals surface area contributed by atoms with Crippen LogP contribution in [0.4, 0.5) is 0 Å². The average molecular weight is 391 g/mol. The van der Waals surface area contributed by atoms with Gasteiger partial charge in [-0.15, -0.1) is 16.4 Å². The van der Waals surface area contributed by atoms with Gasteiger partial charge < -0.3 is 9.80 Å². The van der Waals surface area contributed by atoms with Gasteiger partial charge in [0.25, 0.3) is 5.91 Å². The van der Waals surface area contributed by atoms with Crippen molar-refractivity contribution in [2.45, 2.75) is 26.9 Å². The lowest BCUT2D eigenvalue weighted by atomic mass is 10.2. The number of carbonyl (C=O) groups is 2. The normalized spacial score (nSPS) is 15.1. The van der Waals surface area contributed by atoms with Crippen LogP contribution in [0.2, 0.25) is 0 Å². The Morgan fingerprint density at radius 2 is 1.93 bits per heavy atom. The number of thiophene rings is 1. The lowest BCUT2D eigenvalue weighted by Gasteiger charge is -2.34. The van der Waals surface area contributed by atoms with Crippen LogP contribution in [0.3, 0.4) is 0 Å². The van der Waals surface area contributed by atoms with E-state index in [9.17, 15) is 9.59 Å². The van der Waals surface area contributed by atoms with Crippen molar-refractivity contribution in [3.05, 3.63) is 34.3 Å². The molecule has 1 saturated heterocycles. The molecule has 0 aliphatic carbocycles. The molecule has 2 aromatic heterocycles. The van der Waals surface area contributed by atoms with Crippen LogP contribution >= 0.6 is 11.3 Å². The van der Waals surface area contributed by atoms with Crippen molar-refractivity contribution >= 4 is 23.2 Å². The molecule has 1 aliphatic heterocycles. The van der Waals surface area contributed by atoms with Gasteiger partial charge in [0.05, 0.1) is 6.20 Å². The van der Waals surface area contributed by atoms with Crippen LogP contribution in [0.15, 0.2) is 23.7 Å². The molecule has 146 valence electrons. The molecule has 8 nitrogen and oxygen atoms in total. The number of carbonyl (C=O) groups excluding carboxylic acids is 2. The highest BCUT2D eigenvalue weighted by atomic mass is 32.1. The second-order valence-corrected chi connectivity index (χ2v) is 7.55.